The van der Waals surface area contributed by atoms with E-state index < -0.39 is 0 Å². The molecule has 0 unspecified atom stereocenters. The quantitative estimate of drug-likeness (QED) is 0.568. The minimum Gasteiger partial charge on any atom is -0.340 e. The van der Waals surface area contributed by atoms with Gasteiger partial charge in [0.05, 0.1) is 24.6 Å². The van der Waals surface area contributed by atoms with Gasteiger partial charge in [-0.2, -0.15) is 0 Å². The number of pyridine rings is 2. The molecule has 0 fully saturated rings. The Kier molecular flexibility index (Phi) is 4.35. The van der Waals surface area contributed by atoms with Crippen molar-refractivity contribution in [2.24, 2.45) is 0 Å². The van der Waals surface area contributed by atoms with E-state index in [0.29, 0.717) is 5.92 Å². The number of hydrogen-bond donors (Lipinski definition) is 1. The molecule has 5 nitrogen and oxygen atoms in total. The molecule has 0 bridgehead atoms. The van der Waals surface area contributed by atoms with Gasteiger partial charge in [0.15, 0.2) is 0 Å². The van der Waals surface area contributed by atoms with Crippen LogP contribution in [0.25, 0.3) is 11.0 Å². The third kappa shape index (κ3) is 3.42. The van der Waals surface area contributed by atoms with E-state index in [-0.39, 0.29) is 0 Å². The Balaban J connectivity index is 1.59. The highest BCUT2D eigenvalue weighted by molar-refractivity contribution is 5.78. The molecule has 0 aliphatic rings. The van der Waals surface area contributed by atoms with Crippen molar-refractivity contribution in [2.75, 3.05) is 5.32 Å². The lowest BCUT2D eigenvalue weighted by Gasteiger charge is -2.09. The van der Waals surface area contributed by atoms with Crippen LogP contribution in [0.5, 0.6) is 0 Å². The summed E-state index contributed by atoms with van der Waals surface area (Å²) in [6, 6.07) is 14.5. The Morgan fingerprint density at radius 1 is 1.04 bits per heavy atom. The van der Waals surface area contributed by atoms with Crippen LogP contribution in [0, 0.1) is 0 Å². The van der Waals surface area contributed by atoms with Crippen LogP contribution in [-0.2, 0) is 6.54 Å². The number of imidazole rings is 1. The lowest BCUT2D eigenvalue weighted by atomic mass is 10.0. The summed E-state index contributed by atoms with van der Waals surface area (Å²) in [7, 11) is 0. The summed E-state index contributed by atoms with van der Waals surface area (Å²) < 4.78 is 2.11. The maximum atomic E-state index is 4.48. The Bertz CT molecular complexity index is 1000. The highest BCUT2D eigenvalue weighted by Crippen LogP contribution is 2.22. The second kappa shape index (κ2) is 6.96. The minimum atomic E-state index is 0.528. The molecule has 26 heavy (non-hydrogen) atoms. The molecular formula is C21H21N5. The molecule has 0 amide bonds. The van der Waals surface area contributed by atoms with Gasteiger partial charge in [-0.15, -0.1) is 0 Å². The van der Waals surface area contributed by atoms with E-state index in [9.17, 15) is 0 Å². The molecule has 130 valence electrons. The van der Waals surface area contributed by atoms with Gasteiger partial charge in [-0.3, -0.25) is 4.98 Å². The van der Waals surface area contributed by atoms with Crippen molar-refractivity contribution in [3.63, 3.8) is 0 Å². The van der Waals surface area contributed by atoms with E-state index in [1.54, 1.807) is 12.4 Å². The van der Waals surface area contributed by atoms with Crippen LogP contribution in [0.2, 0.25) is 0 Å². The molecule has 0 radical (unpaired) electrons. The molecule has 3 heterocycles. The molecule has 0 saturated heterocycles. The fourth-order valence-corrected chi connectivity index (χ4v) is 2.94. The van der Waals surface area contributed by atoms with Gasteiger partial charge in [0.2, 0.25) is 0 Å². The van der Waals surface area contributed by atoms with Gasteiger partial charge >= 0.3 is 0 Å². The lowest BCUT2D eigenvalue weighted by molar-refractivity contribution is 0.819. The number of fused-ring (bicyclic) bond motifs is 1. The number of nitrogens with one attached hydrogen (secondary N) is 1. The van der Waals surface area contributed by atoms with E-state index in [4.69, 9.17) is 0 Å². The van der Waals surface area contributed by atoms with Crippen LogP contribution in [0.4, 0.5) is 11.5 Å². The molecule has 1 aromatic carbocycles. The first-order valence-electron chi connectivity index (χ1n) is 8.76. The predicted molar refractivity (Wildman–Crippen MR) is 105 cm³/mol. The molecule has 4 aromatic rings. The smallest absolute Gasteiger partial charge is 0.132 e. The van der Waals surface area contributed by atoms with E-state index in [0.717, 1.165) is 34.6 Å². The number of anilines is 2. The first-order valence-corrected chi connectivity index (χ1v) is 8.76. The normalized spacial score (nSPS) is 11.2. The fourth-order valence-electron chi connectivity index (χ4n) is 2.94. The fraction of sp³-hybridized carbons (Fsp3) is 0.190. The summed E-state index contributed by atoms with van der Waals surface area (Å²) in [6.07, 6.45) is 7.31. The highest BCUT2D eigenvalue weighted by Gasteiger charge is 2.07. The van der Waals surface area contributed by atoms with E-state index in [1.807, 2.05) is 24.7 Å². The van der Waals surface area contributed by atoms with Crippen molar-refractivity contribution in [3.8, 4) is 0 Å². The number of rotatable bonds is 5. The Hall–Kier alpha value is -3.21. The molecule has 0 spiro atoms. The van der Waals surface area contributed by atoms with Crippen LogP contribution in [0.1, 0.15) is 30.9 Å². The van der Waals surface area contributed by atoms with Crippen LogP contribution in [-0.4, -0.2) is 19.5 Å². The summed E-state index contributed by atoms with van der Waals surface area (Å²) in [5, 5.41) is 3.38. The maximum Gasteiger partial charge on any atom is 0.132 e. The lowest BCUT2D eigenvalue weighted by Crippen LogP contribution is -1.99. The van der Waals surface area contributed by atoms with Gasteiger partial charge in [-0.25, -0.2) is 9.97 Å². The average molecular weight is 343 g/mol. The number of nitrogens with zero attached hydrogens (tertiary/aromatic N) is 4. The summed E-state index contributed by atoms with van der Waals surface area (Å²) in [4.78, 5) is 13.1. The molecule has 0 atom stereocenters. The average Bonchev–Trinajstić information content (AvgIpc) is 3.05. The van der Waals surface area contributed by atoms with Crippen LogP contribution < -0.4 is 5.32 Å². The molecule has 1 N–H and O–H groups in total. The van der Waals surface area contributed by atoms with Crippen LogP contribution in [0.3, 0.4) is 0 Å². The summed E-state index contributed by atoms with van der Waals surface area (Å²) >= 11 is 0. The summed E-state index contributed by atoms with van der Waals surface area (Å²) in [5.41, 5.74) is 5.43. The van der Waals surface area contributed by atoms with Gasteiger partial charge in [-0.05, 0) is 35.2 Å². The zero-order valence-corrected chi connectivity index (χ0v) is 14.9. The summed E-state index contributed by atoms with van der Waals surface area (Å²) in [6.45, 7) is 5.12. The molecule has 3 aromatic heterocycles. The Morgan fingerprint density at radius 3 is 2.62 bits per heavy atom. The SMILES string of the molecule is CC(C)c1ccc(Nc2cc3c(cn2)ncn3Cc2cccnc2)cc1. The van der Waals surface area contributed by atoms with E-state index >= 15 is 0 Å². The van der Waals surface area contributed by atoms with Crippen molar-refractivity contribution in [1.29, 1.82) is 0 Å². The van der Waals surface area contributed by atoms with Crippen LogP contribution >= 0.6 is 0 Å². The third-order valence-corrected chi connectivity index (χ3v) is 4.43. The first kappa shape index (κ1) is 16.3. The van der Waals surface area contributed by atoms with Gasteiger partial charge < -0.3 is 9.88 Å². The van der Waals surface area contributed by atoms with Crippen molar-refractivity contribution in [3.05, 3.63) is 78.5 Å². The van der Waals surface area contributed by atoms with Gasteiger partial charge in [0.25, 0.3) is 0 Å². The minimum absolute atomic E-state index is 0.528. The highest BCUT2D eigenvalue weighted by atomic mass is 15.1. The molecule has 0 aliphatic carbocycles. The molecule has 4 rings (SSSR count). The van der Waals surface area contributed by atoms with E-state index in [2.05, 4.69) is 69.0 Å². The molecule has 5 heteroatoms. The van der Waals surface area contributed by atoms with E-state index in [1.165, 1.54) is 5.56 Å². The monoisotopic (exact) mass is 343 g/mol. The largest absolute Gasteiger partial charge is 0.340 e. The Labute approximate surface area is 152 Å². The number of benzene rings is 1. The molecule has 0 saturated carbocycles. The van der Waals surface area contributed by atoms with Crippen molar-refractivity contribution >= 4 is 22.5 Å². The second-order valence-electron chi connectivity index (χ2n) is 6.69. The number of hydrogen-bond acceptors (Lipinski definition) is 4. The standard InChI is InChI=1S/C21H21N5/c1-15(2)17-5-7-18(8-6-17)25-21-10-20-19(12-23-21)24-14-26(20)13-16-4-3-9-22-11-16/h3-12,14-15H,13H2,1-2H3,(H,23,25). The van der Waals surface area contributed by atoms with Gasteiger partial charge in [0.1, 0.15) is 11.3 Å². The Morgan fingerprint density at radius 2 is 1.88 bits per heavy atom. The number of aromatic nitrogens is 4. The van der Waals surface area contributed by atoms with Gasteiger partial charge in [0, 0.05) is 24.1 Å². The maximum absolute atomic E-state index is 4.48. The zero-order valence-electron chi connectivity index (χ0n) is 14.9. The van der Waals surface area contributed by atoms with Gasteiger partial charge in [-0.1, -0.05) is 32.0 Å². The zero-order chi connectivity index (χ0) is 17.9. The molecular weight excluding hydrogens is 322 g/mol. The topological polar surface area (TPSA) is 55.6 Å². The summed E-state index contributed by atoms with van der Waals surface area (Å²) in [5.74, 6) is 1.34. The molecule has 0 aliphatic heterocycles. The van der Waals surface area contributed by atoms with Crippen molar-refractivity contribution in [2.45, 2.75) is 26.3 Å². The first-order chi connectivity index (χ1) is 12.7. The van der Waals surface area contributed by atoms with Crippen molar-refractivity contribution < 1.29 is 0 Å². The third-order valence-electron chi connectivity index (χ3n) is 4.43. The van der Waals surface area contributed by atoms with Crippen LogP contribution in [0.15, 0.2) is 67.4 Å². The second-order valence-corrected chi connectivity index (χ2v) is 6.69. The van der Waals surface area contributed by atoms with Crippen molar-refractivity contribution in [1.82, 2.24) is 19.5 Å². The predicted octanol–water partition coefficient (Wildman–Crippen LogP) is 4.74.